The van der Waals surface area contributed by atoms with E-state index in [-0.39, 0.29) is 9.96 Å². The van der Waals surface area contributed by atoms with Gasteiger partial charge in [-0.05, 0) is 35.2 Å². The van der Waals surface area contributed by atoms with Crippen molar-refractivity contribution in [3.63, 3.8) is 0 Å². The number of thiophene rings is 1. The lowest BCUT2D eigenvalue weighted by Crippen LogP contribution is -2.08. The van der Waals surface area contributed by atoms with Gasteiger partial charge in [0.05, 0.1) is 0 Å². The van der Waals surface area contributed by atoms with E-state index in [2.05, 4.69) is 0 Å². The number of anilines is 1. The Hall–Kier alpha value is -2.57. The van der Waals surface area contributed by atoms with Crippen LogP contribution in [0.15, 0.2) is 70.3 Å². The molecule has 2 N–H and O–H groups in total. The molecule has 6 heteroatoms. The molecule has 0 spiro atoms. The molecule has 4 nitrogen and oxygen atoms in total. The zero-order chi connectivity index (χ0) is 17.0. The molecule has 3 rings (SSSR count). The zero-order valence-corrected chi connectivity index (χ0v) is 14.3. The van der Waals surface area contributed by atoms with Gasteiger partial charge in [-0.1, -0.05) is 48.6 Å². The molecule has 0 aliphatic carbocycles. The Morgan fingerprint density at radius 1 is 0.958 bits per heavy atom. The minimum atomic E-state index is -3.81. The molecule has 122 valence electrons. The predicted octanol–water partition coefficient (Wildman–Crippen LogP) is 4.27. The van der Waals surface area contributed by atoms with E-state index in [4.69, 9.17) is 9.92 Å². The average molecular weight is 357 g/mol. The van der Waals surface area contributed by atoms with Crippen molar-refractivity contribution in [2.45, 2.75) is 4.21 Å². The largest absolute Gasteiger partial charge is 0.398 e. The third-order valence-corrected chi connectivity index (χ3v) is 5.86. The highest BCUT2D eigenvalue weighted by Crippen LogP contribution is 2.26. The van der Waals surface area contributed by atoms with Crippen molar-refractivity contribution in [2.75, 3.05) is 5.73 Å². The van der Waals surface area contributed by atoms with E-state index in [0.29, 0.717) is 11.3 Å². The van der Waals surface area contributed by atoms with E-state index in [1.807, 2.05) is 42.5 Å². The summed E-state index contributed by atoms with van der Waals surface area (Å²) in [4.78, 5) is 0. The first kappa shape index (κ1) is 16.3. The SMILES string of the molecule is Nc1ccc(OS(=O)(=O)c2cccs2)cc1/C=C/c1ccccc1. The van der Waals surface area contributed by atoms with Gasteiger partial charge >= 0.3 is 10.1 Å². The summed E-state index contributed by atoms with van der Waals surface area (Å²) in [5.41, 5.74) is 8.22. The maximum Gasteiger partial charge on any atom is 0.348 e. The van der Waals surface area contributed by atoms with Crippen molar-refractivity contribution in [1.82, 2.24) is 0 Å². The van der Waals surface area contributed by atoms with E-state index < -0.39 is 10.1 Å². The maximum absolute atomic E-state index is 12.2. The van der Waals surface area contributed by atoms with Gasteiger partial charge in [0.25, 0.3) is 0 Å². The Bertz CT molecular complexity index is 947. The maximum atomic E-state index is 12.2. The fourth-order valence-electron chi connectivity index (χ4n) is 2.07. The summed E-state index contributed by atoms with van der Waals surface area (Å²) in [5.74, 6) is 0.227. The van der Waals surface area contributed by atoms with Crippen molar-refractivity contribution < 1.29 is 12.6 Å². The highest BCUT2D eigenvalue weighted by Gasteiger charge is 2.17. The Labute approximate surface area is 145 Å². The van der Waals surface area contributed by atoms with Crippen LogP contribution in [0.4, 0.5) is 5.69 Å². The van der Waals surface area contributed by atoms with Crippen LogP contribution in [0.25, 0.3) is 12.2 Å². The summed E-state index contributed by atoms with van der Waals surface area (Å²) in [6.45, 7) is 0. The molecule has 3 aromatic rings. The van der Waals surface area contributed by atoms with Crippen LogP contribution in [-0.2, 0) is 10.1 Å². The zero-order valence-electron chi connectivity index (χ0n) is 12.6. The van der Waals surface area contributed by atoms with E-state index in [1.165, 1.54) is 6.07 Å². The third-order valence-electron chi connectivity index (χ3n) is 3.26. The highest BCUT2D eigenvalue weighted by atomic mass is 32.3. The first-order chi connectivity index (χ1) is 11.5. The lowest BCUT2D eigenvalue weighted by atomic mass is 10.1. The van der Waals surface area contributed by atoms with Crippen molar-refractivity contribution >= 4 is 39.3 Å². The van der Waals surface area contributed by atoms with Crippen molar-refractivity contribution in [3.8, 4) is 5.75 Å². The molecule has 0 unspecified atom stereocenters. The summed E-state index contributed by atoms with van der Waals surface area (Å²) in [6, 6.07) is 17.7. The summed E-state index contributed by atoms with van der Waals surface area (Å²) in [6.07, 6.45) is 3.73. The minimum Gasteiger partial charge on any atom is -0.398 e. The van der Waals surface area contributed by atoms with Crippen LogP contribution in [0.5, 0.6) is 5.75 Å². The average Bonchev–Trinajstić information content (AvgIpc) is 3.12. The quantitative estimate of drug-likeness (QED) is 0.421. The van der Waals surface area contributed by atoms with Gasteiger partial charge in [0.1, 0.15) is 5.75 Å². The fourth-order valence-corrected chi connectivity index (χ4v) is 3.95. The second kappa shape index (κ2) is 6.90. The normalized spacial score (nSPS) is 11.7. The Morgan fingerprint density at radius 3 is 2.46 bits per heavy atom. The molecule has 24 heavy (non-hydrogen) atoms. The smallest absolute Gasteiger partial charge is 0.348 e. The van der Waals surface area contributed by atoms with Gasteiger partial charge < -0.3 is 9.92 Å². The van der Waals surface area contributed by atoms with E-state index >= 15 is 0 Å². The minimum absolute atomic E-state index is 0.167. The Morgan fingerprint density at radius 2 is 1.75 bits per heavy atom. The topological polar surface area (TPSA) is 69.4 Å². The summed E-state index contributed by atoms with van der Waals surface area (Å²) in [5, 5.41) is 1.69. The molecule has 0 aliphatic rings. The first-order valence-electron chi connectivity index (χ1n) is 7.15. The molecule has 1 aromatic heterocycles. The molecule has 1 heterocycles. The number of nitrogens with two attached hydrogens (primary N) is 1. The molecular formula is C18H15NO3S2. The van der Waals surface area contributed by atoms with Gasteiger partial charge in [-0.3, -0.25) is 0 Å². The van der Waals surface area contributed by atoms with Crippen LogP contribution in [0.3, 0.4) is 0 Å². The summed E-state index contributed by atoms with van der Waals surface area (Å²) < 4.78 is 29.7. The van der Waals surface area contributed by atoms with Gasteiger partial charge in [0.15, 0.2) is 4.21 Å². The molecule has 0 saturated heterocycles. The fraction of sp³-hybridized carbons (Fsp3) is 0. The van der Waals surface area contributed by atoms with Crippen LogP contribution in [0.2, 0.25) is 0 Å². The van der Waals surface area contributed by atoms with Crippen LogP contribution in [-0.4, -0.2) is 8.42 Å². The number of hydrogen-bond acceptors (Lipinski definition) is 5. The van der Waals surface area contributed by atoms with Gasteiger partial charge in [-0.15, -0.1) is 11.3 Å². The van der Waals surface area contributed by atoms with Crippen molar-refractivity contribution in [2.24, 2.45) is 0 Å². The van der Waals surface area contributed by atoms with Gasteiger partial charge in [-0.2, -0.15) is 8.42 Å². The predicted molar refractivity (Wildman–Crippen MR) is 98.4 cm³/mol. The first-order valence-corrected chi connectivity index (χ1v) is 9.44. The highest BCUT2D eigenvalue weighted by molar-refractivity contribution is 7.89. The molecule has 0 fully saturated rings. The van der Waals surface area contributed by atoms with Crippen LogP contribution in [0.1, 0.15) is 11.1 Å². The molecule has 0 bridgehead atoms. The van der Waals surface area contributed by atoms with E-state index in [9.17, 15) is 8.42 Å². The number of rotatable bonds is 5. The van der Waals surface area contributed by atoms with Gasteiger partial charge in [-0.25, -0.2) is 0 Å². The van der Waals surface area contributed by atoms with Gasteiger partial charge in [0.2, 0.25) is 0 Å². The van der Waals surface area contributed by atoms with Crippen LogP contribution < -0.4 is 9.92 Å². The number of benzene rings is 2. The third kappa shape index (κ3) is 3.84. The summed E-state index contributed by atoms with van der Waals surface area (Å²) in [7, 11) is -3.81. The molecule has 0 atom stereocenters. The molecule has 2 aromatic carbocycles. The molecule has 0 radical (unpaired) electrons. The standard InChI is InChI=1S/C18H15NO3S2/c19-17-11-10-16(22-24(20,21)18-7-4-12-23-18)13-15(17)9-8-14-5-2-1-3-6-14/h1-13H,19H2/b9-8+. The Kier molecular flexibility index (Phi) is 4.69. The second-order valence-electron chi connectivity index (χ2n) is 5.00. The van der Waals surface area contributed by atoms with Crippen molar-refractivity contribution in [1.29, 1.82) is 0 Å². The second-order valence-corrected chi connectivity index (χ2v) is 7.73. The molecular weight excluding hydrogens is 342 g/mol. The summed E-state index contributed by atoms with van der Waals surface area (Å²) >= 11 is 1.11. The number of hydrogen-bond donors (Lipinski definition) is 1. The van der Waals surface area contributed by atoms with Crippen LogP contribution in [0, 0.1) is 0 Å². The van der Waals surface area contributed by atoms with Crippen LogP contribution >= 0.6 is 11.3 Å². The van der Waals surface area contributed by atoms with E-state index in [0.717, 1.165) is 16.9 Å². The van der Waals surface area contributed by atoms with Gasteiger partial charge in [0, 0.05) is 11.3 Å². The Balaban J connectivity index is 1.85. The molecule has 0 saturated carbocycles. The monoisotopic (exact) mass is 357 g/mol. The lowest BCUT2D eigenvalue weighted by molar-refractivity contribution is 0.488. The number of nitrogen functional groups attached to an aromatic ring is 1. The molecule has 0 amide bonds. The van der Waals surface area contributed by atoms with E-state index in [1.54, 1.807) is 29.6 Å². The van der Waals surface area contributed by atoms with Crippen molar-refractivity contribution in [3.05, 3.63) is 77.2 Å². The molecule has 0 aliphatic heterocycles. The lowest BCUT2D eigenvalue weighted by Gasteiger charge is -2.07.